The minimum Gasteiger partial charge on any atom is -0.480 e. The SMILES string of the molecule is Nc1c(Cl)cc(C(=O)N2CCCCCC2C(=O)O)cc1Cl. The first kappa shape index (κ1) is 15.9. The van der Waals surface area contributed by atoms with E-state index in [-0.39, 0.29) is 27.2 Å². The number of benzene rings is 1. The lowest BCUT2D eigenvalue weighted by Gasteiger charge is -2.27. The molecule has 0 bridgehead atoms. The van der Waals surface area contributed by atoms with E-state index in [9.17, 15) is 14.7 Å². The smallest absolute Gasteiger partial charge is 0.326 e. The Morgan fingerprint density at radius 3 is 2.38 bits per heavy atom. The van der Waals surface area contributed by atoms with Gasteiger partial charge in [-0.15, -0.1) is 0 Å². The fourth-order valence-electron chi connectivity index (χ4n) is 2.48. The van der Waals surface area contributed by atoms with Crippen LogP contribution in [0.25, 0.3) is 0 Å². The van der Waals surface area contributed by atoms with Crippen LogP contribution in [0, 0.1) is 0 Å². The van der Waals surface area contributed by atoms with Crippen LogP contribution in [-0.4, -0.2) is 34.5 Å². The van der Waals surface area contributed by atoms with Crippen molar-refractivity contribution in [2.45, 2.75) is 31.7 Å². The molecule has 1 aliphatic rings. The molecule has 0 radical (unpaired) electrons. The molecule has 1 fully saturated rings. The molecule has 1 aliphatic heterocycles. The van der Waals surface area contributed by atoms with Crippen molar-refractivity contribution in [3.05, 3.63) is 27.7 Å². The number of likely N-dealkylation sites (tertiary alicyclic amines) is 1. The Hall–Kier alpha value is -1.46. The molecule has 1 amide bonds. The number of nitrogens with two attached hydrogens (primary N) is 1. The molecule has 3 N–H and O–H groups in total. The van der Waals surface area contributed by atoms with Gasteiger partial charge in [0.15, 0.2) is 0 Å². The van der Waals surface area contributed by atoms with Gasteiger partial charge in [0.1, 0.15) is 6.04 Å². The molecule has 0 saturated carbocycles. The van der Waals surface area contributed by atoms with Crippen molar-refractivity contribution in [3.8, 4) is 0 Å². The molecule has 114 valence electrons. The molecular formula is C14H16Cl2N2O3. The van der Waals surface area contributed by atoms with Crippen molar-refractivity contribution in [2.75, 3.05) is 12.3 Å². The standard InChI is InChI=1S/C14H16Cl2N2O3/c15-9-6-8(7-10(16)12(9)17)13(19)18-5-3-1-2-4-11(18)14(20)21/h6-7,11H,1-5,17H2,(H,20,21). The van der Waals surface area contributed by atoms with Crippen molar-refractivity contribution in [1.82, 2.24) is 4.90 Å². The van der Waals surface area contributed by atoms with Gasteiger partial charge < -0.3 is 15.7 Å². The molecule has 1 unspecified atom stereocenters. The maximum atomic E-state index is 12.6. The van der Waals surface area contributed by atoms with E-state index in [2.05, 4.69) is 0 Å². The number of aliphatic carboxylic acids is 1. The number of carboxylic acids is 1. The molecule has 7 heteroatoms. The van der Waals surface area contributed by atoms with Gasteiger partial charge in [-0.1, -0.05) is 36.0 Å². The van der Waals surface area contributed by atoms with E-state index in [1.807, 2.05) is 0 Å². The molecule has 21 heavy (non-hydrogen) atoms. The van der Waals surface area contributed by atoms with Crippen molar-refractivity contribution in [3.63, 3.8) is 0 Å². The van der Waals surface area contributed by atoms with Crippen LogP contribution in [0.15, 0.2) is 12.1 Å². The summed E-state index contributed by atoms with van der Waals surface area (Å²) in [6.45, 7) is 0.412. The highest BCUT2D eigenvalue weighted by molar-refractivity contribution is 6.39. The van der Waals surface area contributed by atoms with Crippen molar-refractivity contribution in [2.24, 2.45) is 0 Å². The second-order valence-electron chi connectivity index (χ2n) is 5.06. The minimum absolute atomic E-state index is 0.188. The third kappa shape index (κ3) is 3.41. The minimum atomic E-state index is -0.988. The van der Waals surface area contributed by atoms with E-state index in [0.717, 1.165) is 19.3 Å². The summed E-state index contributed by atoms with van der Waals surface area (Å²) in [5.41, 5.74) is 6.11. The third-order valence-electron chi connectivity index (χ3n) is 3.62. The lowest BCUT2D eigenvalue weighted by molar-refractivity contribution is -0.142. The summed E-state index contributed by atoms with van der Waals surface area (Å²) in [5, 5.41) is 9.69. The molecule has 0 aliphatic carbocycles. The second-order valence-corrected chi connectivity index (χ2v) is 5.87. The maximum Gasteiger partial charge on any atom is 0.326 e. The molecule has 1 heterocycles. The largest absolute Gasteiger partial charge is 0.480 e. The summed E-state index contributed by atoms with van der Waals surface area (Å²) in [7, 11) is 0. The zero-order valence-corrected chi connectivity index (χ0v) is 12.8. The number of nitrogens with zero attached hydrogens (tertiary/aromatic N) is 1. The first-order valence-corrected chi connectivity index (χ1v) is 7.45. The number of carbonyl (C=O) groups excluding carboxylic acids is 1. The van der Waals surface area contributed by atoms with Gasteiger partial charge in [0.05, 0.1) is 15.7 Å². The number of anilines is 1. The number of carbonyl (C=O) groups is 2. The lowest BCUT2D eigenvalue weighted by Crippen LogP contribution is -2.44. The van der Waals surface area contributed by atoms with E-state index in [4.69, 9.17) is 28.9 Å². The van der Waals surface area contributed by atoms with E-state index in [0.29, 0.717) is 13.0 Å². The van der Waals surface area contributed by atoms with Gasteiger partial charge in [0, 0.05) is 12.1 Å². The number of rotatable bonds is 2. The Labute approximate surface area is 132 Å². The van der Waals surface area contributed by atoms with Crippen LogP contribution in [0.3, 0.4) is 0 Å². The highest BCUT2D eigenvalue weighted by atomic mass is 35.5. The maximum absolute atomic E-state index is 12.6. The molecule has 1 saturated heterocycles. The van der Waals surface area contributed by atoms with E-state index in [1.165, 1.54) is 17.0 Å². The normalized spacial score (nSPS) is 19.1. The molecule has 1 aromatic carbocycles. The summed E-state index contributed by atoms with van der Waals surface area (Å²) in [4.78, 5) is 25.3. The van der Waals surface area contributed by atoms with E-state index < -0.39 is 12.0 Å². The lowest BCUT2D eigenvalue weighted by atomic mass is 10.1. The second kappa shape index (κ2) is 6.54. The fourth-order valence-corrected chi connectivity index (χ4v) is 2.97. The predicted octanol–water partition coefficient (Wildman–Crippen LogP) is 3.05. The van der Waals surface area contributed by atoms with Crippen molar-refractivity contribution < 1.29 is 14.7 Å². The van der Waals surface area contributed by atoms with Gasteiger partial charge in [-0.25, -0.2) is 4.79 Å². The zero-order valence-electron chi connectivity index (χ0n) is 11.3. The Morgan fingerprint density at radius 2 is 1.81 bits per heavy atom. The summed E-state index contributed by atoms with van der Waals surface area (Å²) in [5.74, 6) is -1.37. The van der Waals surface area contributed by atoms with Crippen LogP contribution in [0.5, 0.6) is 0 Å². The number of nitrogen functional groups attached to an aromatic ring is 1. The van der Waals surface area contributed by atoms with E-state index in [1.54, 1.807) is 0 Å². The molecule has 1 atom stereocenters. The van der Waals surface area contributed by atoms with Crippen LogP contribution in [0.4, 0.5) is 5.69 Å². The quantitative estimate of drug-likeness (QED) is 0.816. The molecule has 0 spiro atoms. The molecule has 2 rings (SSSR count). The summed E-state index contributed by atoms with van der Waals surface area (Å²) >= 11 is 11.9. The van der Waals surface area contributed by atoms with Crippen molar-refractivity contribution >= 4 is 40.8 Å². The first-order chi connectivity index (χ1) is 9.91. The zero-order chi connectivity index (χ0) is 15.6. The van der Waals surface area contributed by atoms with Gasteiger partial charge in [0.2, 0.25) is 0 Å². The van der Waals surface area contributed by atoms with Gasteiger partial charge in [0.25, 0.3) is 5.91 Å². The third-order valence-corrected chi connectivity index (χ3v) is 4.25. The summed E-state index contributed by atoms with van der Waals surface area (Å²) in [6, 6.07) is 2.04. The molecular weight excluding hydrogens is 315 g/mol. The Morgan fingerprint density at radius 1 is 1.19 bits per heavy atom. The Balaban J connectivity index is 2.34. The first-order valence-electron chi connectivity index (χ1n) is 6.70. The predicted molar refractivity (Wildman–Crippen MR) is 81.8 cm³/mol. The van der Waals surface area contributed by atoms with Gasteiger partial charge in [-0.05, 0) is 25.0 Å². The summed E-state index contributed by atoms with van der Waals surface area (Å²) in [6.07, 6.45) is 2.95. The number of hydrogen-bond donors (Lipinski definition) is 2. The summed E-state index contributed by atoms with van der Waals surface area (Å²) < 4.78 is 0. The van der Waals surface area contributed by atoms with Crippen LogP contribution >= 0.6 is 23.2 Å². The van der Waals surface area contributed by atoms with Crippen molar-refractivity contribution in [1.29, 1.82) is 0 Å². The topological polar surface area (TPSA) is 83.6 Å². The van der Waals surface area contributed by atoms with Gasteiger partial charge >= 0.3 is 5.97 Å². The van der Waals surface area contributed by atoms with Crippen LogP contribution in [0.2, 0.25) is 10.0 Å². The average molecular weight is 331 g/mol. The Bertz CT molecular complexity index is 554. The number of amides is 1. The molecule has 1 aromatic rings. The number of halogens is 2. The van der Waals surface area contributed by atoms with Crippen LogP contribution in [0.1, 0.15) is 36.0 Å². The highest BCUT2D eigenvalue weighted by Crippen LogP contribution is 2.30. The highest BCUT2D eigenvalue weighted by Gasteiger charge is 2.31. The van der Waals surface area contributed by atoms with Crippen LogP contribution in [-0.2, 0) is 4.79 Å². The average Bonchev–Trinajstić information content (AvgIpc) is 2.69. The van der Waals surface area contributed by atoms with Gasteiger partial charge in [-0.3, -0.25) is 4.79 Å². The van der Waals surface area contributed by atoms with Gasteiger partial charge in [-0.2, -0.15) is 0 Å². The number of carboxylic acid groups (broad SMARTS) is 1. The Kier molecular flexibility index (Phi) is 4.96. The molecule has 0 aromatic heterocycles. The fraction of sp³-hybridized carbons (Fsp3) is 0.429. The van der Waals surface area contributed by atoms with Crippen LogP contribution < -0.4 is 5.73 Å². The monoisotopic (exact) mass is 330 g/mol. The molecule has 5 nitrogen and oxygen atoms in total. The van der Waals surface area contributed by atoms with E-state index >= 15 is 0 Å². The number of hydrogen-bond acceptors (Lipinski definition) is 3.